The number of morpholine rings is 1. The van der Waals surface area contributed by atoms with Gasteiger partial charge in [-0.15, -0.1) is 0 Å². The Morgan fingerprint density at radius 2 is 1.82 bits per heavy atom. The van der Waals surface area contributed by atoms with Crippen molar-refractivity contribution in [1.29, 1.82) is 0 Å². The number of nitrogens with one attached hydrogen (secondary N) is 2. The van der Waals surface area contributed by atoms with Gasteiger partial charge >= 0.3 is 0 Å². The van der Waals surface area contributed by atoms with E-state index in [9.17, 15) is 0 Å². The van der Waals surface area contributed by atoms with Crippen molar-refractivity contribution in [3.05, 3.63) is 35.4 Å². The van der Waals surface area contributed by atoms with Crippen LogP contribution in [0.3, 0.4) is 0 Å². The zero-order valence-corrected chi connectivity index (χ0v) is 18.4. The molecule has 2 rings (SSSR count). The Morgan fingerprint density at radius 1 is 1.14 bits per heavy atom. The highest BCUT2D eigenvalue weighted by Crippen LogP contribution is 2.13. The number of likely N-dealkylation sites (N-methyl/N-ethyl adjacent to an activating group) is 1. The van der Waals surface area contributed by atoms with E-state index in [2.05, 4.69) is 77.6 Å². The zero-order chi connectivity index (χ0) is 20.4. The fourth-order valence-corrected chi connectivity index (χ4v) is 3.52. The Labute approximate surface area is 171 Å². The van der Waals surface area contributed by atoms with Crippen LogP contribution in [0, 0.1) is 5.92 Å². The van der Waals surface area contributed by atoms with Crippen LogP contribution in [-0.2, 0) is 17.8 Å². The molecule has 1 aromatic carbocycles. The van der Waals surface area contributed by atoms with Gasteiger partial charge in [0.1, 0.15) is 0 Å². The Balaban J connectivity index is 1.89. The third kappa shape index (κ3) is 7.78. The van der Waals surface area contributed by atoms with Crippen molar-refractivity contribution in [3.8, 4) is 0 Å². The van der Waals surface area contributed by atoms with Gasteiger partial charge in [0.2, 0.25) is 0 Å². The number of benzene rings is 1. The summed E-state index contributed by atoms with van der Waals surface area (Å²) in [4.78, 5) is 9.16. The minimum Gasteiger partial charge on any atom is -0.379 e. The molecule has 0 amide bonds. The van der Waals surface area contributed by atoms with Crippen molar-refractivity contribution >= 4 is 5.96 Å². The Morgan fingerprint density at radius 3 is 2.43 bits per heavy atom. The van der Waals surface area contributed by atoms with Crippen LogP contribution in [0.1, 0.15) is 31.4 Å². The number of hydrogen-bond donors (Lipinski definition) is 2. The molecular formula is C22H39N5O. The largest absolute Gasteiger partial charge is 0.379 e. The van der Waals surface area contributed by atoms with Crippen LogP contribution < -0.4 is 10.6 Å². The molecule has 1 fully saturated rings. The van der Waals surface area contributed by atoms with Gasteiger partial charge in [-0.3, -0.25) is 9.89 Å². The lowest BCUT2D eigenvalue weighted by molar-refractivity contribution is 0.0341. The Kier molecular flexibility index (Phi) is 9.75. The molecule has 1 aromatic rings. The number of nitrogens with zero attached hydrogens (tertiary/aromatic N) is 3. The highest BCUT2D eigenvalue weighted by Gasteiger charge is 2.15. The van der Waals surface area contributed by atoms with Gasteiger partial charge in [-0.1, -0.05) is 38.1 Å². The number of guanidine groups is 1. The van der Waals surface area contributed by atoms with Crippen molar-refractivity contribution in [2.75, 3.05) is 54.0 Å². The van der Waals surface area contributed by atoms with E-state index >= 15 is 0 Å². The van der Waals surface area contributed by atoms with Gasteiger partial charge in [-0.25, -0.2) is 0 Å². The van der Waals surface area contributed by atoms with E-state index < -0.39 is 0 Å². The molecule has 158 valence electrons. The zero-order valence-electron chi connectivity index (χ0n) is 18.4. The Hall–Kier alpha value is -1.63. The molecule has 0 aromatic heterocycles. The van der Waals surface area contributed by atoms with Crippen LogP contribution in [0.15, 0.2) is 29.3 Å². The number of ether oxygens (including phenoxy) is 1. The smallest absolute Gasteiger partial charge is 0.191 e. The molecule has 0 spiro atoms. The average molecular weight is 390 g/mol. The molecule has 1 aliphatic rings. The number of aliphatic imine (C=N–C) groups is 1. The summed E-state index contributed by atoms with van der Waals surface area (Å²) in [5.74, 6) is 1.54. The summed E-state index contributed by atoms with van der Waals surface area (Å²) < 4.78 is 5.47. The van der Waals surface area contributed by atoms with Gasteiger partial charge in [-0.2, -0.15) is 0 Å². The van der Waals surface area contributed by atoms with E-state index in [4.69, 9.17) is 4.74 Å². The molecule has 1 saturated heterocycles. The topological polar surface area (TPSA) is 52.1 Å². The second kappa shape index (κ2) is 12.0. The van der Waals surface area contributed by atoms with E-state index in [1.54, 1.807) is 0 Å². The second-order valence-corrected chi connectivity index (χ2v) is 8.21. The average Bonchev–Trinajstić information content (AvgIpc) is 2.68. The highest BCUT2D eigenvalue weighted by molar-refractivity contribution is 5.79. The lowest BCUT2D eigenvalue weighted by atomic mass is 10.0. The summed E-state index contributed by atoms with van der Waals surface area (Å²) in [5.41, 5.74) is 2.70. The molecular weight excluding hydrogens is 350 g/mol. The van der Waals surface area contributed by atoms with Crippen molar-refractivity contribution in [1.82, 2.24) is 20.4 Å². The molecule has 0 saturated carbocycles. The quantitative estimate of drug-likeness (QED) is 0.501. The van der Waals surface area contributed by atoms with Crippen molar-refractivity contribution in [3.63, 3.8) is 0 Å². The van der Waals surface area contributed by atoms with E-state index in [1.807, 2.05) is 7.05 Å². The summed E-state index contributed by atoms with van der Waals surface area (Å²) in [5, 5.41) is 6.99. The molecule has 28 heavy (non-hydrogen) atoms. The molecule has 6 heteroatoms. The van der Waals surface area contributed by atoms with E-state index in [1.165, 1.54) is 17.5 Å². The summed E-state index contributed by atoms with van der Waals surface area (Å²) >= 11 is 0. The van der Waals surface area contributed by atoms with Gasteiger partial charge in [0.15, 0.2) is 5.96 Å². The first-order valence-electron chi connectivity index (χ1n) is 10.5. The second-order valence-electron chi connectivity index (χ2n) is 8.21. The van der Waals surface area contributed by atoms with Crippen molar-refractivity contribution in [2.45, 2.75) is 39.4 Å². The van der Waals surface area contributed by atoms with Gasteiger partial charge in [0.25, 0.3) is 0 Å². The first-order valence-corrected chi connectivity index (χ1v) is 10.5. The highest BCUT2D eigenvalue weighted by atomic mass is 16.5. The van der Waals surface area contributed by atoms with Crippen LogP contribution in [0.4, 0.5) is 0 Å². The van der Waals surface area contributed by atoms with Crippen molar-refractivity contribution in [2.24, 2.45) is 10.9 Å². The van der Waals surface area contributed by atoms with Gasteiger partial charge in [0.05, 0.1) is 13.2 Å². The number of hydrogen-bond acceptors (Lipinski definition) is 4. The third-order valence-corrected chi connectivity index (χ3v) is 5.26. The summed E-state index contributed by atoms with van der Waals surface area (Å²) in [6, 6.07) is 9.16. The summed E-state index contributed by atoms with van der Waals surface area (Å²) in [6.07, 6.45) is 1.17. The molecule has 1 aliphatic heterocycles. The van der Waals surface area contributed by atoms with E-state index in [0.29, 0.717) is 12.0 Å². The fraction of sp³-hybridized carbons (Fsp3) is 0.682. The van der Waals surface area contributed by atoms with Gasteiger partial charge in [-0.05, 0) is 37.6 Å². The predicted molar refractivity (Wildman–Crippen MR) is 118 cm³/mol. The molecule has 0 bridgehead atoms. The third-order valence-electron chi connectivity index (χ3n) is 5.26. The minimum absolute atomic E-state index is 0.493. The SMILES string of the molecule is CN=C(NCc1ccccc1CN1CCOCC1)NCC(CC(C)C)N(C)C. The first-order chi connectivity index (χ1) is 13.5. The fourth-order valence-electron chi connectivity index (χ4n) is 3.52. The molecule has 1 unspecified atom stereocenters. The lowest BCUT2D eigenvalue weighted by Crippen LogP contribution is -2.45. The first kappa shape index (κ1) is 22.7. The molecule has 2 N–H and O–H groups in total. The lowest BCUT2D eigenvalue weighted by Gasteiger charge is -2.28. The number of rotatable bonds is 9. The maximum absolute atomic E-state index is 5.47. The van der Waals surface area contributed by atoms with Gasteiger partial charge in [0, 0.05) is 45.8 Å². The normalized spacial score (nSPS) is 17.2. The molecule has 0 radical (unpaired) electrons. The van der Waals surface area contributed by atoms with Crippen LogP contribution in [-0.4, -0.2) is 75.8 Å². The van der Waals surface area contributed by atoms with Crippen LogP contribution in [0.5, 0.6) is 0 Å². The van der Waals surface area contributed by atoms with Crippen LogP contribution in [0.25, 0.3) is 0 Å². The van der Waals surface area contributed by atoms with E-state index in [-0.39, 0.29) is 0 Å². The predicted octanol–water partition coefficient (Wildman–Crippen LogP) is 2.16. The van der Waals surface area contributed by atoms with Crippen molar-refractivity contribution < 1.29 is 4.74 Å². The molecule has 1 heterocycles. The van der Waals surface area contributed by atoms with Gasteiger partial charge < -0.3 is 20.3 Å². The summed E-state index contributed by atoms with van der Waals surface area (Å²) in [7, 11) is 6.13. The standard InChI is InChI=1S/C22H39N5O/c1-18(2)14-21(26(4)5)16-25-22(23-3)24-15-19-8-6-7-9-20(19)17-27-10-12-28-13-11-27/h6-9,18,21H,10-17H2,1-5H3,(H2,23,24,25). The molecule has 0 aliphatic carbocycles. The molecule has 1 atom stereocenters. The monoisotopic (exact) mass is 389 g/mol. The Bertz CT molecular complexity index is 596. The molecule has 6 nitrogen and oxygen atoms in total. The maximum atomic E-state index is 5.47. The maximum Gasteiger partial charge on any atom is 0.191 e. The minimum atomic E-state index is 0.493. The van der Waals surface area contributed by atoms with Crippen LogP contribution >= 0.6 is 0 Å². The van der Waals surface area contributed by atoms with E-state index in [0.717, 1.165) is 51.9 Å². The summed E-state index contributed by atoms with van der Waals surface area (Å²) in [6.45, 7) is 10.9. The van der Waals surface area contributed by atoms with Crippen LogP contribution in [0.2, 0.25) is 0 Å².